The highest BCUT2D eigenvalue weighted by Gasteiger charge is 2.21. The maximum absolute atomic E-state index is 5.07. The lowest BCUT2D eigenvalue weighted by Crippen LogP contribution is -2.00. The van der Waals surface area contributed by atoms with Gasteiger partial charge in [0, 0.05) is 38.5 Å². The van der Waals surface area contributed by atoms with Gasteiger partial charge in [-0.3, -0.25) is 0 Å². The first-order chi connectivity index (χ1) is 24.3. The molecule has 0 fully saturated rings. The van der Waals surface area contributed by atoms with Crippen LogP contribution in [0.4, 0.5) is 0 Å². The van der Waals surface area contributed by atoms with Crippen molar-refractivity contribution in [2.75, 3.05) is 0 Å². The van der Waals surface area contributed by atoms with Crippen molar-refractivity contribution < 1.29 is 0 Å². The van der Waals surface area contributed by atoms with Crippen molar-refractivity contribution in [2.45, 2.75) is 0 Å². The summed E-state index contributed by atoms with van der Waals surface area (Å²) >= 11 is 0. The van der Waals surface area contributed by atoms with E-state index in [2.05, 4.69) is 114 Å². The number of aromatic nitrogens is 4. The molecule has 0 atom stereocenters. The summed E-state index contributed by atoms with van der Waals surface area (Å²) in [7, 11) is 0. The van der Waals surface area contributed by atoms with E-state index in [-0.39, 0.29) is 0 Å². The molecule has 2 aromatic heterocycles. The first-order valence-electron chi connectivity index (χ1n) is 16.5. The van der Waals surface area contributed by atoms with Gasteiger partial charge in [0.15, 0.2) is 17.5 Å². The van der Waals surface area contributed by atoms with Crippen LogP contribution >= 0.6 is 0 Å². The van der Waals surface area contributed by atoms with E-state index < -0.39 is 0 Å². The molecule has 0 amide bonds. The second-order valence-electron chi connectivity index (χ2n) is 12.4. The highest BCUT2D eigenvalue weighted by atomic mass is 15.0. The van der Waals surface area contributed by atoms with Gasteiger partial charge in [0.05, 0.1) is 11.0 Å². The molecule has 0 aliphatic rings. The third-order valence-corrected chi connectivity index (χ3v) is 9.59. The molecule has 0 aliphatic heterocycles. The summed E-state index contributed by atoms with van der Waals surface area (Å²) in [5.41, 5.74) is 6.25. The fraction of sp³-hybridized carbons (Fsp3) is 0. The van der Waals surface area contributed by atoms with Crippen LogP contribution in [0.1, 0.15) is 0 Å². The van der Waals surface area contributed by atoms with Gasteiger partial charge in [-0.1, -0.05) is 152 Å². The minimum atomic E-state index is 0.639. The van der Waals surface area contributed by atoms with Gasteiger partial charge >= 0.3 is 0 Å². The molecule has 0 spiro atoms. The summed E-state index contributed by atoms with van der Waals surface area (Å²) in [6, 6.07) is 59.7. The van der Waals surface area contributed by atoms with Crippen molar-refractivity contribution in [2.24, 2.45) is 0 Å². The molecule has 49 heavy (non-hydrogen) atoms. The molecule has 10 aromatic rings. The Bertz CT molecular complexity index is 2800. The Kier molecular flexibility index (Phi) is 6.15. The number of hydrogen-bond donors (Lipinski definition) is 0. The van der Waals surface area contributed by atoms with Crippen LogP contribution in [0.15, 0.2) is 170 Å². The molecule has 0 unspecified atom stereocenters. The van der Waals surface area contributed by atoms with E-state index in [1.165, 1.54) is 48.6 Å². The molecule has 4 nitrogen and oxygen atoms in total. The number of para-hydroxylation sites is 1. The summed E-state index contributed by atoms with van der Waals surface area (Å²) < 4.78 is 2.44. The third-order valence-electron chi connectivity index (χ3n) is 9.59. The molecule has 0 saturated heterocycles. The maximum Gasteiger partial charge on any atom is 0.164 e. The summed E-state index contributed by atoms with van der Waals surface area (Å²) in [5, 5.41) is 9.91. The Hall–Kier alpha value is -6.65. The molecule has 4 heteroatoms. The van der Waals surface area contributed by atoms with Crippen molar-refractivity contribution in [3.05, 3.63) is 170 Å². The summed E-state index contributed by atoms with van der Waals surface area (Å²) in [6.07, 6.45) is 0. The predicted molar refractivity (Wildman–Crippen MR) is 203 cm³/mol. The van der Waals surface area contributed by atoms with Crippen molar-refractivity contribution in [3.63, 3.8) is 0 Å². The molecule has 0 N–H and O–H groups in total. The van der Waals surface area contributed by atoms with E-state index in [0.717, 1.165) is 27.9 Å². The maximum atomic E-state index is 5.07. The number of nitrogens with zero attached hydrogens (tertiary/aromatic N) is 4. The Morgan fingerprint density at radius 3 is 1.51 bits per heavy atom. The first-order valence-corrected chi connectivity index (χ1v) is 16.5. The molecular formula is C45H28N4. The van der Waals surface area contributed by atoms with E-state index in [4.69, 9.17) is 15.0 Å². The smallest absolute Gasteiger partial charge is 0.164 e. The van der Waals surface area contributed by atoms with Crippen LogP contribution in [0.5, 0.6) is 0 Å². The van der Waals surface area contributed by atoms with Crippen molar-refractivity contribution >= 4 is 54.1 Å². The van der Waals surface area contributed by atoms with E-state index >= 15 is 0 Å². The summed E-state index contributed by atoms with van der Waals surface area (Å²) in [5.74, 6) is 1.94. The van der Waals surface area contributed by atoms with Gasteiger partial charge in [0.2, 0.25) is 0 Å². The SMILES string of the molecule is c1ccc(-c2nc(-c3ccccc3)nc(-c3ccc4c5c6ccccc6c6ccc7ccccc7c6c5n(-c5ccccc5)c4c3)n2)cc1. The standard InChI is InChI=1S/C45H28N4/c1-4-15-30(16-5-1)43-46-44(31-17-6-2-7-18-31)48-45(47-43)32-25-27-38-39(28-32)49(33-19-8-3-9-20-33)42-40-34-21-11-10-14-29(34)24-26-37(40)35-22-12-13-23-36(35)41(38)42/h1-28H. The lowest BCUT2D eigenvalue weighted by Gasteiger charge is -2.14. The molecule has 8 aromatic carbocycles. The van der Waals surface area contributed by atoms with Gasteiger partial charge in [-0.05, 0) is 45.1 Å². The predicted octanol–water partition coefficient (Wildman–Crippen LogP) is 11.4. The minimum absolute atomic E-state index is 0.639. The molecule has 0 radical (unpaired) electrons. The van der Waals surface area contributed by atoms with Gasteiger partial charge in [-0.25, -0.2) is 15.0 Å². The molecule has 0 saturated carbocycles. The van der Waals surface area contributed by atoms with Gasteiger partial charge in [-0.15, -0.1) is 0 Å². The van der Waals surface area contributed by atoms with Crippen LogP contribution in [0.3, 0.4) is 0 Å². The number of rotatable bonds is 4. The average Bonchev–Trinajstić information content (AvgIpc) is 3.53. The molecule has 228 valence electrons. The Morgan fingerprint density at radius 1 is 0.347 bits per heavy atom. The first kappa shape index (κ1) is 27.5. The zero-order valence-electron chi connectivity index (χ0n) is 26.5. The third kappa shape index (κ3) is 4.35. The lowest BCUT2D eigenvalue weighted by atomic mass is 9.93. The van der Waals surface area contributed by atoms with Gasteiger partial charge in [0.25, 0.3) is 0 Å². The average molecular weight is 625 g/mol. The lowest BCUT2D eigenvalue weighted by molar-refractivity contribution is 1.07. The van der Waals surface area contributed by atoms with Crippen molar-refractivity contribution in [1.29, 1.82) is 0 Å². The Labute approximate surface area is 282 Å². The molecule has 2 heterocycles. The van der Waals surface area contributed by atoms with Crippen LogP contribution in [-0.4, -0.2) is 19.5 Å². The topological polar surface area (TPSA) is 43.6 Å². The highest BCUT2D eigenvalue weighted by molar-refractivity contribution is 6.36. The Balaban J connectivity index is 1.35. The second kappa shape index (κ2) is 11.0. The van der Waals surface area contributed by atoms with Crippen LogP contribution in [0.25, 0.3) is 94.0 Å². The van der Waals surface area contributed by atoms with Gasteiger partial charge < -0.3 is 4.57 Å². The zero-order valence-corrected chi connectivity index (χ0v) is 26.5. The van der Waals surface area contributed by atoms with Gasteiger partial charge in [0.1, 0.15) is 0 Å². The highest BCUT2D eigenvalue weighted by Crippen LogP contribution is 2.45. The van der Waals surface area contributed by atoms with Crippen LogP contribution in [0.2, 0.25) is 0 Å². The van der Waals surface area contributed by atoms with E-state index in [1.807, 2.05) is 60.7 Å². The van der Waals surface area contributed by atoms with Crippen molar-refractivity contribution in [1.82, 2.24) is 19.5 Å². The second-order valence-corrected chi connectivity index (χ2v) is 12.4. The number of fused-ring (bicyclic) bond motifs is 10. The minimum Gasteiger partial charge on any atom is -0.309 e. The van der Waals surface area contributed by atoms with Crippen LogP contribution in [-0.2, 0) is 0 Å². The van der Waals surface area contributed by atoms with Crippen LogP contribution in [0, 0.1) is 0 Å². The quantitative estimate of drug-likeness (QED) is 0.183. The fourth-order valence-corrected chi connectivity index (χ4v) is 7.41. The zero-order chi connectivity index (χ0) is 32.3. The molecular weight excluding hydrogens is 597 g/mol. The number of hydrogen-bond acceptors (Lipinski definition) is 3. The van der Waals surface area contributed by atoms with E-state index in [1.54, 1.807) is 0 Å². The fourth-order valence-electron chi connectivity index (χ4n) is 7.41. The molecule has 0 aliphatic carbocycles. The Morgan fingerprint density at radius 2 is 0.837 bits per heavy atom. The molecule has 0 bridgehead atoms. The van der Waals surface area contributed by atoms with E-state index in [9.17, 15) is 0 Å². The summed E-state index contributed by atoms with van der Waals surface area (Å²) in [6.45, 7) is 0. The van der Waals surface area contributed by atoms with E-state index in [0.29, 0.717) is 17.5 Å². The largest absolute Gasteiger partial charge is 0.309 e. The van der Waals surface area contributed by atoms with Gasteiger partial charge in [-0.2, -0.15) is 0 Å². The van der Waals surface area contributed by atoms with Crippen LogP contribution < -0.4 is 0 Å². The molecule has 10 rings (SSSR count). The monoisotopic (exact) mass is 624 g/mol. The van der Waals surface area contributed by atoms with Crippen molar-refractivity contribution in [3.8, 4) is 39.9 Å². The normalized spacial score (nSPS) is 11.7. The number of benzene rings is 8. The summed E-state index contributed by atoms with van der Waals surface area (Å²) in [4.78, 5) is 15.1.